The Bertz CT molecular complexity index is 944. The van der Waals surface area contributed by atoms with E-state index < -0.39 is 10.0 Å². The Kier molecular flexibility index (Phi) is 4.01. The van der Waals surface area contributed by atoms with Crippen molar-refractivity contribution < 1.29 is 13.2 Å². The number of anilines is 1. The molecule has 2 N–H and O–H groups in total. The van der Waals surface area contributed by atoms with Crippen LogP contribution in [0.3, 0.4) is 0 Å². The number of rotatable bonds is 5. The van der Waals surface area contributed by atoms with Gasteiger partial charge in [-0.1, -0.05) is 12.1 Å². The molecule has 118 valence electrons. The van der Waals surface area contributed by atoms with Gasteiger partial charge in [-0.2, -0.15) is 5.10 Å². The number of thiophene rings is 1. The summed E-state index contributed by atoms with van der Waals surface area (Å²) in [5, 5.41) is 6.64. The minimum Gasteiger partial charge on any atom is -0.295 e. The second kappa shape index (κ2) is 5.98. The van der Waals surface area contributed by atoms with Gasteiger partial charge in [0.2, 0.25) is 0 Å². The average molecular weight is 347 g/mol. The van der Waals surface area contributed by atoms with E-state index >= 15 is 0 Å². The molecule has 0 aliphatic rings. The molecule has 6 nitrogen and oxygen atoms in total. The number of nitrogens with zero attached hydrogens (tertiary/aromatic N) is 1. The first-order valence-corrected chi connectivity index (χ1v) is 8.99. The van der Waals surface area contributed by atoms with Gasteiger partial charge >= 0.3 is 0 Å². The maximum atomic E-state index is 12.5. The Balaban J connectivity index is 1.87. The van der Waals surface area contributed by atoms with Crippen molar-refractivity contribution in [2.24, 2.45) is 0 Å². The third-order valence-electron chi connectivity index (χ3n) is 3.13. The van der Waals surface area contributed by atoms with Crippen LogP contribution in [0.4, 0.5) is 5.69 Å². The second-order valence-electron chi connectivity index (χ2n) is 4.83. The minimum absolute atomic E-state index is 0.122. The third kappa shape index (κ3) is 3.33. The van der Waals surface area contributed by atoms with Crippen LogP contribution in [-0.4, -0.2) is 24.4 Å². The molecule has 0 unspecified atom stereocenters. The molecule has 0 radical (unpaired) electrons. The SMILES string of the molecule is CC(=O)c1cccc(NS(=O)(=O)c2ccc(-c3ccn[nH]3)s2)c1. The maximum absolute atomic E-state index is 12.5. The van der Waals surface area contributed by atoms with Crippen LogP contribution >= 0.6 is 11.3 Å². The van der Waals surface area contributed by atoms with Crippen molar-refractivity contribution in [3.63, 3.8) is 0 Å². The largest absolute Gasteiger partial charge is 0.295 e. The zero-order valence-electron chi connectivity index (χ0n) is 12.1. The van der Waals surface area contributed by atoms with E-state index in [9.17, 15) is 13.2 Å². The summed E-state index contributed by atoms with van der Waals surface area (Å²) in [5.41, 5.74) is 1.57. The minimum atomic E-state index is -3.70. The zero-order chi connectivity index (χ0) is 16.4. The van der Waals surface area contributed by atoms with Crippen LogP contribution in [0.1, 0.15) is 17.3 Å². The van der Waals surface area contributed by atoms with E-state index in [4.69, 9.17) is 0 Å². The van der Waals surface area contributed by atoms with Crippen LogP contribution in [0.15, 0.2) is 52.9 Å². The Hall–Kier alpha value is -2.45. The van der Waals surface area contributed by atoms with E-state index in [1.165, 1.54) is 19.1 Å². The summed E-state index contributed by atoms with van der Waals surface area (Å²) < 4.78 is 27.6. The zero-order valence-corrected chi connectivity index (χ0v) is 13.7. The molecule has 0 aliphatic carbocycles. The lowest BCUT2D eigenvalue weighted by Gasteiger charge is -2.07. The molecule has 0 spiro atoms. The number of H-pyrrole nitrogens is 1. The normalized spacial score (nSPS) is 11.3. The van der Waals surface area contributed by atoms with Crippen molar-refractivity contribution in [3.05, 3.63) is 54.2 Å². The second-order valence-corrected chi connectivity index (χ2v) is 7.82. The smallest absolute Gasteiger partial charge is 0.271 e. The summed E-state index contributed by atoms with van der Waals surface area (Å²) in [6.45, 7) is 1.43. The number of carbonyl (C=O) groups excluding carboxylic acids is 1. The predicted molar refractivity (Wildman–Crippen MR) is 89.2 cm³/mol. The van der Waals surface area contributed by atoms with Gasteiger partial charge in [0.25, 0.3) is 10.0 Å². The molecule has 0 saturated carbocycles. The van der Waals surface area contributed by atoms with E-state index in [-0.39, 0.29) is 9.99 Å². The molecule has 0 atom stereocenters. The van der Waals surface area contributed by atoms with E-state index in [0.29, 0.717) is 11.3 Å². The van der Waals surface area contributed by atoms with Gasteiger partial charge in [-0.3, -0.25) is 14.6 Å². The number of hydrogen-bond acceptors (Lipinski definition) is 5. The number of aromatic amines is 1. The first-order chi connectivity index (χ1) is 11.0. The van der Waals surface area contributed by atoms with Gasteiger partial charge in [0.05, 0.1) is 10.6 Å². The topological polar surface area (TPSA) is 91.9 Å². The summed E-state index contributed by atoms with van der Waals surface area (Å²) in [6, 6.07) is 11.4. The molecule has 23 heavy (non-hydrogen) atoms. The van der Waals surface area contributed by atoms with Crippen LogP contribution in [0, 0.1) is 0 Å². The Morgan fingerprint density at radius 3 is 2.74 bits per heavy atom. The fourth-order valence-electron chi connectivity index (χ4n) is 2.01. The van der Waals surface area contributed by atoms with Gasteiger partial charge in [-0.15, -0.1) is 11.3 Å². The van der Waals surface area contributed by atoms with Crippen LogP contribution in [-0.2, 0) is 10.0 Å². The van der Waals surface area contributed by atoms with E-state index in [0.717, 1.165) is 21.9 Å². The standard InChI is InChI=1S/C15H13N3O3S2/c1-10(19)11-3-2-4-12(9-11)18-23(20,21)15-6-5-14(22-15)13-7-8-16-17-13/h2-9,18H,1H3,(H,16,17). The van der Waals surface area contributed by atoms with Gasteiger partial charge in [-0.05, 0) is 37.3 Å². The maximum Gasteiger partial charge on any atom is 0.271 e. The fourth-order valence-corrected chi connectivity index (χ4v) is 4.34. The van der Waals surface area contributed by atoms with Crippen molar-refractivity contribution in [3.8, 4) is 10.6 Å². The highest BCUT2D eigenvalue weighted by molar-refractivity contribution is 7.94. The Morgan fingerprint density at radius 1 is 1.22 bits per heavy atom. The number of Topliss-reactive ketones (excluding diaryl/α,β-unsaturated/α-hetero) is 1. The van der Waals surface area contributed by atoms with Gasteiger partial charge in [0.15, 0.2) is 5.78 Å². The van der Waals surface area contributed by atoms with Gasteiger partial charge < -0.3 is 0 Å². The van der Waals surface area contributed by atoms with Crippen molar-refractivity contribution in [2.45, 2.75) is 11.1 Å². The lowest BCUT2D eigenvalue weighted by Crippen LogP contribution is -2.11. The molecule has 0 aliphatic heterocycles. The molecule has 2 heterocycles. The van der Waals surface area contributed by atoms with Gasteiger partial charge in [0.1, 0.15) is 4.21 Å². The molecule has 0 bridgehead atoms. The molecule has 2 aromatic heterocycles. The van der Waals surface area contributed by atoms with E-state index in [1.807, 2.05) is 0 Å². The number of carbonyl (C=O) groups is 1. The number of ketones is 1. The summed E-state index contributed by atoms with van der Waals surface area (Å²) in [5.74, 6) is -0.122. The molecule has 0 fully saturated rings. The van der Waals surface area contributed by atoms with Crippen molar-refractivity contribution >= 4 is 32.8 Å². The highest BCUT2D eigenvalue weighted by Crippen LogP contribution is 2.30. The molecule has 1 aromatic carbocycles. The number of hydrogen-bond donors (Lipinski definition) is 2. The van der Waals surface area contributed by atoms with Crippen LogP contribution in [0.25, 0.3) is 10.6 Å². The van der Waals surface area contributed by atoms with Crippen molar-refractivity contribution in [1.29, 1.82) is 0 Å². The highest BCUT2D eigenvalue weighted by atomic mass is 32.2. The lowest BCUT2D eigenvalue weighted by molar-refractivity contribution is 0.101. The molecule has 0 saturated heterocycles. The summed E-state index contributed by atoms with van der Waals surface area (Å²) >= 11 is 1.14. The Morgan fingerprint density at radius 2 is 2.04 bits per heavy atom. The molecule has 3 aromatic rings. The van der Waals surface area contributed by atoms with Crippen LogP contribution in [0.5, 0.6) is 0 Å². The molecular formula is C15H13N3O3S2. The summed E-state index contributed by atoms with van der Waals surface area (Å²) in [7, 11) is -3.70. The summed E-state index contributed by atoms with van der Waals surface area (Å²) in [6.07, 6.45) is 1.61. The third-order valence-corrected chi connectivity index (χ3v) is 6.13. The average Bonchev–Trinajstić information content (AvgIpc) is 3.18. The quantitative estimate of drug-likeness (QED) is 0.694. The molecule has 3 rings (SSSR count). The lowest BCUT2D eigenvalue weighted by atomic mass is 10.1. The van der Waals surface area contributed by atoms with Gasteiger partial charge in [0, 0.05) is 17.4 Å². The highest BCUT2D eigenvalue weighted by Gasteiger charge is 2.18. The number of sulfonamides is 1. The predicted octanol–water partition coefficient (Wildman–Crippen LogP) is 3.14. The Labute approximate surface area is 137 Å². The fraction of sp³-hybridized carbons (Fsp3) is 0.0667. The van der Waals surface area contributed by atoms with Crippen molar-refractivity contribution in [2.75, 3.05) is 4.72 Å². The first kappa shape index (κ1) is 15.4. The monoisotopic (exact) mass is 347 g/mol. The van der Waals surface area contributed by atoms with Crippen molar-refractivity contribution in [1.82, 2.24) is 10.2 Å². The molecule has 8 heteroatoms. The molecular weight excluding hydrogens is 334 g/mol. The number of nitrogens with one attached hydrogen (secondary N) is 2. The van der Waals surface area contributed by atoms with Gasteiger partial charge in [-0.25, -0.2) is 8.42 Å². The summed E-state index contributed by atoms with van der Waals surface area (Å²) in [4.78, 5) is 12.2. The van der Waals surface area contributed by atoms with Crippen LogP contribution < -0.4 is 4.72 Å². The number of aromatic nitrogens is 2. The van der Waals surface area contributed by atoms with Crippen LogP contribution in [0.2, 0.25) is 0 Å². The van der Waals surface area contributed by atoms with E-state index in [1.54, 1.807) is 36.5 Å². The first-order valence-electron chi connectivity index (χ1n) is 6.69. The number of benzene rings is 1. The van der Waals surface area contributed by atoms with E-state index in [2.05, 4.69) is 14.9 Å². The molecule has 0 amide bonds.